The predicted molar refractivity (Wildman–Crippen MR) is 97.9 cm³/mol. The van der Waals surface area contributed by atoms with Crippen molar-refractivity contribution in [2.75, 3.05) is 31.6 Å². The number of carbonyl (C=O) groups excluding carboxylic acids is 1. The molecule has 1 fully saturated rings. The Bertz CT molecular complexity index is 961. The molecule has 1 aliphatic heterocycles. The van der Waals surface area contributed by atoms with E-state index < -0.39 is 0 Å². The van der Waals surface area contributed by atoms with Gasteiger partial charge in [-0.15, -0.1) is 0 Å². The average Bonchev–Trinajstić information content (AvgIpc) is 3.00. The number of nitrogens with one attached hydrogen (secondary N) is 1. The van der Waals surface area contributed by atoms with Gasteiger partial charge in [-0.2, -0.15) is 0 Å². The summed E-state index contributed by atoms with van der Waals surface area (Å²) in [5.74, 6) is 1.45. The van der Waals surface area contributed by atoms with Crippen LogP contribution in [0.3, 0.4) is 0 Å². The molecular formula is C18H20N6O2. The minimum absolute atomic E-state index is 0.156. The first kappa shape index (κ1) is 16.5. The highest BCUT2D eigenvalue weighted by Gasteiger charge is 2.17. The molecule has 4 rings (SSSR count). The molecule has 1 N–H and O–H groups in total. The lowest BCUT2D eigenvalue weighted by Gasteiger charge is -2.26. The second kappa shape index (κ2) is 6.72. The molecule has 0 radical (unpaired) electrons. The summed E-state index contributed by atoms with van der Waals surface area (Å²) in [5, 5.41) is 4.73. The monoisotopic (exact) mass is 352 g/mol. The summed E-state index contributed by atoms with van der Waals surface area (Å²) >= 11 is 0. The maximum absolute atomic E-state index is 12.3. The number of anilines is 1. The molecule has 26 heavy (non-hydrogen) atoms. The number of amides is 2. The second-order valence-electron chi connectivity index (χ2n) is 6.27. The van der Waals surface area contributed by atoms with Crippen molar-refractivity contribution >= 4 is 22.6 Å². The lowest BCUT2D eigenvalue weighted by Crippen LogP contribution is -2.43. The number of urea groups is 1. The van der Waals surface area contributed by atoms with E-state index >= 15 is 0 Å². The molecule has 0 spiro atoms. The standard InChI is InChI=1S/C18H20N6O2/c1-12-19-11-16(23(12)2)15-7-13-8-17(21-10-14(13)9-20-15)22-18(25)24-3-5-26-6-4-24/h7-11H,3-6H2,1-2H3,(H,21,22,25). The van der Waals surface area contributed by atoms with Crippen LogP contribution >= 0.6 is 0 Å². The second-order valence-corrected chi connectivity index (χ2v) is 6.27. The zero-order valence-electron chi connectivity index (χ0n) is 14.8. The fourth-order valence-corrected chi connectivity index (χ4v) is 2.94. The van der Waals surface area contributed by atoms with Crippen molar-refractivity contribution in [3.05, 3.63) is 36.5 Å². The Balaban J connectivity index is 1.61. The van der Waals surface area contributed by atoms with Gasteiger partial charge < -0.3 is 14.2 Å². The maximum Gasteiger partial charge on any atom is 0.323 e. The van der Waals surface area contributed by atoms with Crippen molar-refractivity contribution in [2.45, 2.75) is 6.92 Å². The van der Waals surface area contributed by atoms with E-state index in [1.165, 1.54) is 0 Å². The van der Waals surface area contributed by atoms with Gasteiger partial charge in [-0.25, -0.2) is 14.8 Å². The molecule has 2 amide bonds. The summed E-state index contributed by atoms with van der Waals surface area (Å²) in [6.07, 6.45) is 5.31. The van der Waals surface area contributed by atoms with E-state index in [-0.39, 0.29) is 6.03 Å². The highest BCUT2D eigenvalue weighted by molar-refractivity contribution is 5.92. The first-order valence-electron chi connectivity index (χ1n) is 8.50. The van der Waals surface area contributed by atoms with Crippen LogP contribution in [0.2, 0.25) is 0 Å². The number of aryl methyl sites for hydroxylation is 1. The van der Waals surface area contributed by atoms with Gasteiger partial charge in [0.1, 0.15) is 11.6 Å². The van der Waals surface area contributed by atoms with Crippen LogP contribution in [0.1, 0.15) is 5.82 Å². The quantitative estimate of drug-likeness (QED) is 0.764. The van der Waals surface area contributed by atoms with Crippen LogP contribution < -0.4 is 5.32 Å². The molecule has 0 aliphatic carbocycles. The van der Waals surface area contributed by atoms with Gasteiger partial charge in [-0.3, -0.25) is 10.3 Å². The number of aromatic nitrogens is 4. The van der Waals surface area contributed by atoms with Crippen LogP contribution in [-0.4, -0.2) is 56.8 Å². The highest BCUT2D eigenvalue weighted by atomic mass is 16.5. The van der Waals surface area contributed by atoms with Gasteiger partial charge in [0.05, 0.1) is 30.8 Å². The van der Waals surface area contributed by atoms with E-state index in [2.05, 4.69) is 20.3 Å². The van der Waals surface area contributed by atoms with Gasteiger partial charge in [0.15, 0.2) is 0 Å². The maximum atomic E-state index is 12.3. The number of ether oxygens (including phenoxy) is 1. The molecule has 8 nitrogen and oxygen atoms in total. The van der Waals surface area contributed by atoms with Gasteiger partial charge in [-0.1, -0.05) is 0 Å². The summed E-state index contributed by atoms with van der Waals surface area (Å²) in [7, 11) is 1.96. The van der Waals surface area contributed by atoms with Crippen LogP contribution in [0.15, 0.2) is 30.7 Å². The first-order chi connectivity index (χ1) is 12.6. The molecule has 134 valence electrons. The Labute approximate surface area is 150 Å². The molecule has 1 aliphatic rings. The third-order valence-corrected chi connectivity index (χ3v) is 4.62. The highest BCUT2D eigenvalue weighted by Crippen LogP contribution is 2.23. The minimum atomic E-state index is -0.156. The Morgan fingerprint density at radius 1 is 1.08 bits per heavy atom. The van der Waals surface area contributed by atoms with Crippen LogP contribution in [0.5, 0.6) is 0 Å². The summed E-state index contributed by atoms with van der Waals surface area (Å²) in [6, 6.07) is 3.69. The van der Waals surface area contributed by atoms with Gasteiger partial charge in [0, 0.05) is 37.9 Å². The zero-order valence-corrected chi connectivity index (χ0v) is 14.8. The normalized spacial score (nSPS) is 14.6. The molecule has 8 heteroatoms. The lowest BCUT2D eigenvalue weighted by atomic mass is 10.1. The summed E-state index contributed by atoms with van der Waals surface area (Å²) in [5.41, 5.74) is 1.78. The van der Waals surface area contributed by atoms with Crippen LogP contribution in [0, 0.1) is 6.92 Å². The van der Waals surface area contributed by atoms with E-state index in [1.807, 2.05) is 36.9 Å². The number of rotatable bonds is 2. The van der Waals surface area contributed by atoms with Crippen molar-refractivity contribution in [3.8, 4) is 11.4 Å². The van der Waals surface area contributed by atoms with Crippen molar-refractivity contribution in [1.82, 2.24) is 24.4 Å². The summed E-state index contributed by atoms with van der Waals surface area (Å²) < 4.78 is 7.27. The summed E-state index contributed by atoms with van der Waals surface area (Å²) in [6.45, 7) is 4.27. The Kier molecular flexibility index (Phi) is 4.26. The number of hydrogen-bond donors (Lipinski definition) is 1. The van der Waals surface area contributed by atoms with E-state index in [9.17, 15) is 4.79 Å². The molecule has 3 aromatic heterocycles. The van der Waals surface area contributed by atoms with Crippen molar-refractivity contribution in [3.63, 3.8) is 0 Å². The number of carbonyl (C=O) groups is 1. The van der Waals surface area contributed by atoms with Gasteiger partial charge in [0.2, 0.25) is 0 Å². The van der Waals surface area contributed by atoms with Crippen molar-refractivity contribution in [1.29, 1.82) is 0 Å². The Morgan fingerprint density at radius 2 is 1.85 bits per heavy atom. The molecular weight excluding hydrogens is 332 g/mol. The third kappa shape index (κ3) is 3.11. The third-order valence-electron chi connectivity index (χ3n) is 4.62. The first-order valence-corrected chi connectivity index (χ1v) is 8.50. The topological polar surface area (TPSA) is 85.2 Å². The van der Waals surface area contributed by atoms with Gasteiger partial charge in [-0.05, 0) is 24.4 Å². The van der Waals surface area contributed by atoms with Crippen molar-refractivity contribution < 1.29 is 9.53 Å². The molecule has 1 saturated heterocycles. The molecule has 0 aromatic carbocycles. The van der Waals surface area contributed by atoms with Crippen LogP contribution in [0.4, 0.5) is 10.6 Å². The Hall–Kier alpha value is -3.00. The number of nitrogens with zero attached hydrogens (tertiary/aromatic N) is 5. The van der Waals surface area contributed by atoms with Gasteiger partial charge >= 0.3 is 6.03 Å². The molecule has 0 bridgehead atoms. The van der Waals surface area contributed by atoms with Gasteiger partial charge in [0.25, 0.3) is 0 Å². The lowest BCUT2D eigenvalue weighted by molar-refractivity contribution is 0.0564. The minimum Gasteiger partial charge on any atom is -0.378 e. The number of hydrogen-bond acceptors (Lipinski definition) is 5. The van der Waals surface area contributed by atoms with E-state index in [1.54, 1.807) is 17.3 Å². The number of pyridine rings is 2. The molecule has 0 unspecified atom stereocenters. The Morgan fingerprint density at radius 3 is 2.58 bits per heavy atom. The molecule has 0 saturated carbocycles. The molecule has 4 heterocycles. The van der Waals surface area contributed by atoms with E-state index in [0.29, 0.717) is 32.1 Å². The van der Waals surface area contributed by atoms with Crippen LogP contribution in [-0.2, 0) is 11.8 Å². The number of morpholine rings is 1. The predicted octanol–water partition coefficient (Wildman–Crippen LogP) is 2.20. The van der Waals surface area contributed by atoms with Crippen molar-refractivity contribution in [2.24, 2.45) is 7.05 Å². The number of imidazole rings is 1. The fraction of sp³-hybridized carbons (Fsp3) is 0.333. The largest absolute Gasteiger partial charge is 0.378 e. The molecule has 3 aromatic rings. The number of fused-ring (bicyclic) bond motifs is 1. The molecule has 0 atom stereocenters. The van der Waals surface area contributed by atoms with E-state index in [0.717, 1.165) is 28.0 Å². The smallest absolute Gasteiger partial charge is 0.323 e. The SMILES string of the molecule is Cc1ncc(-c2cc3cc(NC(=O)N4CCOCC4)ncc3cn2)n1C. The average molecular weight is 352 g/mol. The summed E-state index contributed by atoms with van der Waals surface area (Å²) in [4.78, 5) is 27.2. The fourth-order valence-electron chi connectivity index (χ4n) is 2.94. The zero-order chi connectivity index (χ0) is 18.1. The van der Waals surface area contributed by atoms with E-state index in [4.69, 9.17) is 4.74 Å². The van der Waals surface area contributed by atoms with Crippen LogP contribution in [0.25, 0.3) is 22.2 Å².